The zero-order chi connectivity index (χ0) is 13.2. The molecular formula is C14H16N2O3. The van der Waals surface area contributed by atoms with E-state index in [-0.39, 0.29) is 18.5 Å². The van der Waals surface area contributed by atoms with E-state index in [0.29, 0.717) is 12.8 Å². The van der Waals surface area contributed by atoms with Gasteiger partial charge in [-0.05, 0) is 12.1 Å². The molecule has 0 unspecified atom stereocenters. The second-order valence-electron chi connectivity index (χ2n) is 4.92. The van der Waals surface area contributed by atoms with E-state index in [4.69, 9.17) is 4.74 Å². The number of carbonyl (C=O) groups excluding carboxylic acids is 1. The number of aliphatic hydroxyl groups is 1. The molecule has 1 aromatic carbocycles. The molecule has 5 heteroatoms. The number of fused-ring (bicyclic) bond motifs is 1. The van der Waals surface area contributed by atoms with E-state index in [1.807, 2.05) is 28.8 Å². The van der Waals surface area contributed by atoms with Gasteiger partial charge in [-0.1, -0.05) is 12.1 Å². The normalized spacial score (nSPS) is 23.5. The first kappa shape index (κ1) is 12.2. The Morgan fingerprint density at radius 3 is 3.11 bits per heavy atom. The average Bonchev–Trinajstić information content (AvgIpc) is 2.78. The van der Waals surface area contributed by atoms with Crippen molar-refractivity contribution in [2.24, 2.45) is 0 Å². The minimum Gasteiger partial charge on any atom is -0.462 e. The van der Waals surface area contributed by atoms with E-state index < -0.39 is 6.10 Å². The molecule has 2 aromatic rings. The summed E-state index contributed by atoms with van der Waals surface area (Å²) in [5.74, 6) is -0.306. The Morgan fingerprint density at radius 2 is 2.26 bits per heavy atom. The van der Waals surface area contributed by atoms with Crippen LogP contribution in [0.5, 0.6) is 0 Å². The van der Waals surface area contributed by atoms with Crippen molar-refractivity contribution in [3.05, 3.63) is 30.6 Å². The topological polar surface area (TPSA) is 64.3 Å². The molecule has 19 heavy (non-hydrogen) atoms. The number of esters is 1. The van der Waals surface area contributed by atoms with E-state index in [2.05, 4.69) is 4.98 Å². The maximum Gasteiger partial charge on any atom is 0.308 e. The van der Waals surface area contributed by atoms with Crippen LogP contribution in [0.1, 0.15) is 19.3 Å². The SMILES string of the molecule is O=C1C[C@@H](O)C[C@H](CCn2cnc3ccccc32)O1. The van der Waals surface area contributed by atoms with Gasteiger partial charge < -0.3 is 14.4 Å². The van der Waals surface area contributed by atoms with Crippen molar-refractivity contribution in [3.63, 3.8) is 0 Å². The smallest absolute Gasteiger partial charge is 0.308 e. The lowest BCUT2D eigenvalue weighted by atomic mass is 10.0. The van der Waals surface area contributed by atoms with Crippen LogP contribution < -0.4 is 0 Å². The molecule has 1 aromatic heterocycles. The molecule has 0 spiro atoms. The maximum absolute atomic E-state index is 11.3. The molecule has 0 aliphatic carbocycles. The summed E-state index contributed by atoms with van der Waals surface area (Å²) in [6, 6.07) is 7.92. The van der Waals surface area contributed by atoms with E-state index in [0.717, 1.165) is 17.6 Å². The minimum atomic E-state index is -0.564. The first-order valence-electron chi connectivity index (χ1n) is 6.50. The van der Waals surface area contributed by atoms with Gasteiger partial charge in [0.2, 0.25) is 0 Å². The van der Waals surface area contributed by atoms with Crippen molar-refractivity contribution >= 4 is 17.0 Å². The number of aromatic nitrogens is 2. The largest absolute Gasteiger partial charge is 0.462 e. The summed E-state index contributed by atoms with van der Waals surface area (Å²) in [5.41, 5.74) is 2.04. The van der Waals surface area contributed by atoms with Crippen molar-refractivity contribution in [2.75, 3.05) is 0 Å². The highest BCUT2D eigenvalue weighted by molar-refractivity contribution is 5.74. The van der Waals surface area contributed by atoms with Crippen molar-refractivity contribution in [1.82, 2.24) is 9.55 Å². The van der Waals surface area contributed by atoms with E-state index in [1.165, 1.54) is 0 Å². The number of rotatable bonds is 3. The standard InChI is InChI=1S/C14H16N2O3/c17-10-7-11(19-14(18)8-10)5-6-16-9-15-12-3-1-2-4-13(12)16/h1-4,9-11,17H,5-8H2/t10-,11-/m0/s1. The lowest BCUT2D eigenvalue weighted by Crippen LogP contribution is -2.33. The number of aryl methyl sites for hydroxylation is 1. The highest BCUT2D eigenvalue weighted by Gasteiger charge is 2.26. The van der Waals surface area contributed by atoms with Crippen LogP contribution >= 0.6 is 0 Å². The van der Waals surface area contributed by atoms with Gasteiger partial charge in [-0.3, -0.25) is 4.79 Å². The van der Waals surface area contributed by atoms with Crippen molar-refractivity contribution in [3.8, 4) is 0 Å². The summed E-state index contributed by atoms with van der Waals surface area (Å²) in [5, 5.41) is 9.56. The molecular weight excluding hydrogens is 244 g/mol. The molecule has 0 bridgehead atoms. The van der Waals surface area contributed by atoms with Gasteiger partial charge in [0.15, 0.2) is 0 Å². The Morgan fingerprint density at radius 1 is 1.42 bits per heavy atom. The van der Waals surface area contributed by atoms with Crippen LogP contribution in [0.4, 0.5) is 0 Å². The Balaban J connectivity index is 1.67. The van der Waals surface area contributed by atoms with Crippen LogP contribution in [-0.4, -0.2) is 32.8 Å². The van der Waals surface area contributed by atoms with Crippen LogP contribution in [-0.2, 0) is 16.1 Å². The van der Waals surface area contributed by atoms with Crippen molar-refractivity contribution < 1.29 is 14.6 Å². The second kappa shape index (κ2) is 5.01. The number of benzene rings is 1. The molecule has 0 amide bonds. The van der Waals surface area contributed by atoms with E-state index >= 15 is 0 Å². The number of para-hydroxylation sites is 2. The average molecular weight is 260 g/mol. The minimum absolute atomic E-state index is 0.116. The summed E-state index contributed by atoms with van der Waals surface area (Å²) >= 11 is 0. The molecule has 5 nitrogen and oxygen atoms in total. The third-order valence-electron chi connectivity index (χ3n) is 3.45. The van der Waals surface area contributed by atoms with E-state index in [9.17, 15) is 9.90 Å². The molecule has 3 rings (SSSR count). The predicted octanol–water partition coefficient (Wildman–Crippen LogP) is 1.49. The summed E-state index contributed by atoms with van der Waals surface area (Å²) in [4.78, 5) is 15.6. The van der Waals surface area contributed by atoms with Gasteiger partial charge in [0, 0.05) is 19.4 Å². The fourth-order valence-corrected chi connectivity index (χ4v) is 2.51. The number of imidazole rings is 1. The highest BCUT2D eigenvalue weighted by atomic mass is 16.5. The van der Waals surface area contributed by atoms with Crippen molar-refractivity contribution in [1.29, 1.82) is 0 Å². The highest BCUT2D eigenvalue weighted by Crippen LogP contribution is 2.19. The van der Waals surface area contributed by atoms with Crippen LogP contribution in [0.3, 0.4) is 0 Å². The number of carbonyl (C=O) groups is 1. The molecule has 1 aliphatic heterocycles. The maximum atomic E-state index is 11.3. The lowest BCUT2D eigenvalue weighted by molar-refractivity contribution is -0.160. The Bertz CT molecular complexity index is 593. The summed E-state index contributed by atoms with van der Waals surface area (Å²) in [6.07, 6.45) is 2.38. The molecule has 2 heterocycles. The van der Waals surface area contributed by atoms with Gasteiger partial charge in [-0.25, -0.2) is 4.98 Å². The summed E-state index contributed by atoms with van der Waals surface area (Å²) in [7, 11) is 0. The van der Waals surface area contributed by atoms with Gasteiger partial charge in [0.05, 0.1) is 29.9 Å². The zero-order valence-corrected chi connectivity index (χ0v) is 10.5. The summed E-state index contributed by atoms with van der Waals surface area (Å²) < 4.78 is 7.28. The van der Waals surface area contributed by atoms with Gasteiger partial charge in [-0.2, -0.15) is 0 Å². The number of nitrogens with zero attached hydrogens (tertiary/aromatic N) is 2. The molecule has 1 aliphatic rings. The number of ether oxygens (including phenoxy) is 1. The van der Waals surface area contributed by atoms with Crippen molar-refractivity contribution in [2.45, 2.75) is 38.0 Å². The number of hydrogen-bond donors (Lipinski definition) is 1. The van der Waals surface area contributed by atoms with Crippen LogP contribution in [0.15, 0.2) is 30.6 Å². The van der Waals surface area contributed by atoms with Crippen LogP contribution in [0.2, 0.25) is 0 Å². The number of cyclic esters (lactones) is 1. The first-order chi connectivity index (χ1) is 9.22. The first-order valence-corrected chi connectivity index (χ1v) is 6.50. The quantitative estimate of drug-likeness (QED) is 0.849. The number of hydrogen-bond acceptors (Lipinski definition) is 4. The van der Waals surface area contributed by atoms with Gasteiger partial charge >= 0.3 is 5.97 Å². The molecule has 1 N–H and O–H groups in total. The molecule has 1 fully saturated rings. The van der Waals surface area contributed by atoms with Gasteiger partial charge in [0.25, 0.3) is 0 Å². The fourth-order valence-electron chi connectivity index (χ4n) is 2.51. The predicted molar refractivity (Wildman–Crippen MR) is 69.5 cm³/mol. The Hall–Kier alpha value is -1.88. The summed E-state index contributed by atoms with van der Waals surface area (Å²) in [6.45, 7) is 0.727. The van der Waals surface area contributed by atoms with Gasteiger partial charge in [-0.15, -0.1) is 0 Å². The molecule has 0 saturated carbocycles. The number of aliphatic hydroxyl groups excluding tert-OH is 1. The third-order valence-corrected chi connectivity index (χ3v) is 3.45. The Kier molecular flexibility index (Phi) is 3.21. The Labute approximate surface area is 110 Å². The van der Waals surface area contributed by atoms with Crippen LogP contribution in [0.25, 0.3) is 11.0 Å². The third kappa shape index (κ3) is 2.61. The van der Waals surface area contributed by atoms with E-state index in [1.54, 1.807) is 6.33 Å². The second-order valence-corrected chi connectivity index (χ2v) is 4.92. The lowest BCUT2D eigenvalue weighted by Gasteiger charge is -2.26. The monoisotopic (exact) mass is 260 g/mol. The molecule has 100 valence electrons. The fraction of sp³-hybridized carbons (Fsp3) is 0.429. The van der Waals surface area contributed by atoms with Gasteiger partial charge in [0.1, 0.15) is 6.10 Å². The molecule has 2 atom stereocenters. The molecule has 0 radical (unpaired) electrons. The molecule has 1 saturated heterocycles. The van der Waals surface area contributed by atoms with Crippen LogP contribution in [0, 0.1) is 0 Å². The zero-order valence-electron chi connectivity index (χ0n) is 10.5.